The zero-order valence-corrected chi connectivity index (χ0v) is 14.7. The van der Waals surface area contributed by atoms with Crippen LogP contribution in [-0.2, 0) is 20.0 Å². The van der Waals surface area contributed by atoms with Crippen LogP contribution in [0.25, 0.3) is 0 Å². The first-order valence-corrected chi connectivity index (χ1v) is 8.54. The van der Waals surface area contributed by atoms with E-state index in [1.165, 1.54) is 0 Å². The maximum absolute atomic E-state index is 12.5. The average molecular weight is 330 g/mol. The fourth-order valence-electron chi connectivity index (χ4n) is 3.38. The molecule has 1 atom stereocenters. The van der Waals surface area contributed by atoms with E-state index in [9.17, 15) is 4.79 Å². The Morgan fingerprint density at radius 3 is 2.96 bits per heavy atom. The van der Waals surface area contributed by atoms with Crippen molar-refractivity contribution in [2.24, 2.45) is 13.0 Å². The van der Waals surface area contributed by atoms with Crippen molar-refractivity contribution in [3.8, 4) is 0 Å². The number of nitrogens with zero attached hydrogens (tertiary/aromatic N) is 4. The molecule has 0 bridgehead atoms. The maximum Gasteiger partial charge on any atom is 0.317 e. The molecule has 2 N–H and O–H groups in total. The van der Waals surface area contributed by atoms with Gasteiger partial charge >= 0.3 is 6.03 Å². The van der Waals surface area contributed by atoms with Crippen molar-refractivity contribution in [2.75, 3.05) is 13.1 Å². The molecule has 1 fully saturated rings. The lowest BCUT2D eigenvalue weighted by molar-refractivity contribution is 0.164. The number of hydrogen-bond donors (Lipinski definition) is 2. The predicted octanol–water partition coefficient (Wildman–Crippen LogP) is 1.92. The second-order valence-electron chi connectivity index (χ2n) is 6.68. The van der Waals surface area contributed by atoms with Gasteiger partial charge in [0.05, 0.1) is 5.69 Å². The number of H-pyrrole nitrogens is 1. The highest BCUT2D eigenvalue weighted by atomic mass is 16.2. The van der Waals surface area contributed by atoms with Gasteiger partial charge in [-0.25, -0.2) is 9.78 Å². The van der Waals surface area contributed by atoms with Crippen molar-refractivity contribution < 1.29 is 4.79 Å². The predicted molar refractivity (Wildman–Crippen MR) is 91.5 cm³/mol. The molecule has 2 aromatic heterocycles. The Labute approximate surface area is 142 Å². The van der Waals surface area contributed by atoms with Crippen LogP contribution in [-0.4, -0.2) is 43.8 Å². The number of imidazole rings is 1. The Kier molecular flexibility index (Phi) is 4.87. The Hall–Kier alpha value is -2.31. The van der Waals surface area contributed by atoms with Gasteiger partial charge in [-0.2, -0.15) is 5.10 Å². The minimum Gasteiger partial charge on any atom is -0.338 e. The van der Waals surface area contributed by atoms with E-state index in [-0.39, 0.29) is 6.03 Å². The van der Waals surface area contributed by atoms with Crippen LogP contribution in [0.4, 0.5) is 4.79 Å². The SMILES string of the molecule is Cc1n[nH]c(C)c1CNC(=O)N1CCC[C@H](Cc2nccn2C)C1. The minimum absolute atomic E-state index is 0.0135. The van der Waals surface area contributed by atoms with Crippen molar-refractivity contribution in [3.63, 3.8) is 0 Å². The van der Waals surface area contributed by atoms with Crippen LogP contribution in [0, 0.1) is 19.8 Å². The number of aryl methyl sites for hydroxylation is 3. The molecule has 0 unspecified atom stereocenters. The molecule has 24 heavy (non-hydrogen) atoms. The van der Waals surface area contributed by atoms with Gasteiger partial charge in [0.25, 0.3) is 0 Å². The number of nitrogens with one attached hydrogen (secondary N) is 2. The fourth-order valence-corrected chi connectivity index (χ4v) is 3.38. The van der Waals surface area contributed by atoms with Crippen LogP contribution < -0.4 is 5.32 Å². The topological polar surface area (TPSA) is 78.8 Å². The zero-order chi connectivity index (χ0) is 17.1. The van der Waals surface area contributed by atoms with Gasteiger partial charge < -0.3 is 14.8 Å². The van der Waals surface area contributed by atoms with Gasteiger partial charge in [0.2, 0.25) is 0 Å². The summed E-state index contributed by atoms with van der Waals surface area (Å²) in [5.74, 6) is 1.56. The molecule has 130 valence electrons. The van der Waals surface area contributed by atoms with E-state index in [2.05, 4.69) is 25.1 Å². The second-order valence-corrected chi connectivity index (χ2v) is 6.68. The number of rotatable bonds is 4. The highest BCUT2D eigenvalue weighted by molar-refractivity contribution is 5.74. The summed E-state index contributed by atoms with van der Waals surface area (Å²) < 4.78 is 2.06. The largest absolute Gasteiger partial charge is 0.338 e. The van der Waals surface area contributed by atoms with Gasteiger partial charge in [-0.1, -0.05) is 0 Å². The van der Waals surface area contributed by atoms with Crippen molar-refractivity contribution in [2.45, 2.75) is 39.7 Å². The molecule has 0 aromatic carbocycles. The highest BCUT2D eigenvalue weighted by Gasteiger charge is 2.24. The molecule has 1 aliphatic heterocycles. The number of carbonyl (C=O) groups is 1. The van der Waals surface area contributed by atoms with Crippen LogP contribution in [0.5, 0.6) is 0 Å². The number of piperidine rings is 1. The normalized spacial score (nSPS) is 18.0. The monoisotopic (exact) mass is 330 g/mol. The summed E-state index contributed by atoms with van der Waals surface area (Å²) in [7, 11) is 2.02. The summed E-state index contributed by atoms with van der Waals surface area (Å²) >= 11 is 0. The molecule has 0 spiro atoms. The molecule has 1 saturated heterocycles. The molecule has 0 radical (unpaired) electrons. The van der Waals surface area contributed by atoms with E-state index in [0.717, 1.165) is 55.1 Å². The third kappa shape index (κ3) is 3.60. The Bertz CT molecular complexity index is 684. The molecule has 2 amide bonds. The number of aromatic nitrogens is 4. The molecule has 0 aliphatic carbocycles. The standard InChI is InChI=1S/C17H26N6O/c1-12-15(13(2)21-20-12)10-19-17(24)23-7-4-5-14(11-23)9-16-18-6-8-22(16)3/h6,8,14H,4-5,7,9-11H2,1-3H3,(H,19,24)(H,20,21)/t14-/m1/s1. The number of hydrogen-bond acceptors (Lipinski definition) is 3. The molecular formula is C17H26N6O. The highest BCUT2D eigenvalue weighted by Crippen LogP contribution is 2.20. The van der Waals surface area contributed by atoms with E-state index in [1.807, 2.05) is 38.2 Å². The third-order valence-corrected chi connectivity index (χ3v) is 4.90. The van der Waals surface area contributed by atoms with Crippen molar-refractivity contribution in [3.05, 3.63) is 35.2 Å². The maximum atomic E-state index is 12.5. The van der Waals surface area contributed by atoms with Crippen LogP contribution in [0.2, 0.25) is 0 Å². The summed E-state index contributed by atoms with van der Waals surface area (Å²) in [4.78, 5) is 18.8. The van der Waals surface area contributed by atoms with Gasteiger partial charge in [-0.15, -0.1) is 0 Å². The molecular weight excluding hydrogens is 304 g/mol. The first-order valence-electron chi connectivity index (χ1n) is 8.54. The van der Waals surface area contributed by atoms with Crippen molar-refractivity contribution >= 4 is 6.03 Å². The number of urea groups is 1. The van der Waals surface area contributed by atoms with E-state index in [1.54, 1.807) is 0 Å². The lowest BCUT2D eigenvalue weighted by atomic mass is 9.94. The fraction of sp³-hybridized carbons (Fsp3) is 0.588. The van der Waals surface area contributed by atoms with Crippen LogP contribution in [0.15, 0.2) is 12.4 Å². The minimum atomic E-state index is 0.0135. The number of carbonyl (C=O) groups excluding carboxylic acids is 1. The number of aromatic amines is 1. The molecule has 7 heteroatoms. The first kappa shape index (κ1) is 16.5. The van der Waals surface area contributed by atoms with E-state index >= 15 is 0 Å². The Morgan fingerprint density at radius 2 is 2.29 bits per heavy atom. The van der Waals surface area contributed by atoms with Gasteiger partial charge in [-0.3, -0.25) is 5.10 Å². The summed E-state index contributed by atoms with van der Waals surface area (Å²) in [6, 6.07) is 0.0135. The second kappa shape index (κ2) is 7.07. The van der Waals surface area contributed by atoms with Gasteiger partial charge in [0.1, 0.15) is 5.82 Å². The third-order valence-electron chi connectivity index (χ3n) is 4.90. The molecule has 0 saturated carbocycles. The van der Waals surface area contributed by atoms with Gasteiger partial charge in [0.15, 0.2) is 0 Å². The molecule has 2 aromatic rings. The van der Waals surface area contributed by atoms with E-state index in [4.69, 9.17) is 0 Å². The average Bonchev–Trinajstić information content (AvgIpc) is 3.12. The van der Waals surface area contributed by atoms with Gasteiger partial charge in [0, 0.05) is 56.8 Å². The zero-order valence-electron chi connectivity index (χ0n) is 14.7. The first-order chi connectivity index (χ1) is 11.5. The Morgan fingerprint density at radius 1 is 1.46 bits per heavy atom. The summed E-state index contributed by atoms with van der Waals surface area (Å²) in [6.07, 6.45) is 6.92. The van der Waals surface area contributed by atoms with E-state index < -0.39 is 0 Å². The lowest BCUT2D eigenvalue weighted by Gasteiger charge is -2.32. The van der Waals surface area contributed by atoms with Crippen LogP contribution in [0.1, 0.15) is 35.6 Å². The summed E-state index contributed by atoms with van der Waals surface area (Å²) in [5.41, 5.74) is 3.03. The number of likely N-dealkylation sites (tertiary alicyclic amines) is 1. The quantitative estimate of drug-likeness (QED) is 0.899. The van der Waals surface area contributed by atoms with Gasteiger partial charge in [-0.05, 0) is 32.6 Å². The molecule has 1 aliphatic rings. The lowest BCUT2D eigenvalue weighted by Crippen LogP contribution is -2.45. The molecule has 3 heterocycles. The van der Waals surface area contributed by atoms with E-state index in [0.29, 0.717) is 12.5 Å². The van der Waals surface area contributed by atoms with Crippen LogP contribution >= 0.6 is 0 Å². The smallest absolute Gasteiger partial charge is 0.317 e. The molecule has 7 nitrogen and oxygen atoms in total. The number of amides is 2. The summed E-state index contributed by atoms with van der Waals surface area (Å²) in [5, 5.41) is 10.2. The Balaban J connectivity index is 1.54. The van der Waals surface area contributed by atoms with Crippen molar-refractivity contribution in [1.29, 1.82) is 0 Å². The molecule has 3 rings (SSSR count). The summed E-state index contributed by atoms with van der Waals surface area (Å²) in [6.45, 7) is 6.07. The van der Waals surface area contributed by atoms with Crippen LogP contribution in [0.3, 0.4) is 0 Å². The van der Waals surface area contributed by atoms with Crippen molar-refractivity contribution in [1.82, 2.24) is 30.0 Å².